The van der Waals surface area contributed by atoms with E-state index in [-0.39, 0.29) is 17.5 Å². The van der Waals surface area contributed by atoms with Gasteiger partial charge in [0.05, 0.1) is 11.4 Å². The first-order chi connectivity index (χ1) is 12.5. The Morgan fingerprint density at radius 3 is 2.54 bits per heavy atom. The Bertz CT molecular complexity index is 879. The molecule has 0 aliphatic heterocycles. The lowest BCUT2D eigenvalue weighted by Gasteiger charge is -2.17. The van der Waals surface area contributed by atoms with Crippen LogP contribution >= 0.6 is 11.8 Å². The van der Waals surface area contributed by atoms with Gasteiger partial charge in [-0.3, -0.25) is 4.79 Å². The lowest BCUT2D eigenvalue weighted by Crippen LogP contribution is -2.27. The molecule has 134 valence electrons. The number of carbonyl (C=O) groups excluding carboxylic acids is 1. The molecule has 0 radical (unpaired) electrons. The fourth-order valence-corrected chi connectivity index (χ4v) is 3.14. The number of rotatable bonds is 6. The number of tetrazole rings is 1. The molecule has 1 heterocycles. The minimum absolute atomic E-state index is 0.0576. The molecule has 0 saturated carbocycles. The molecule has 6 nitrogen and oxygen atoms in total. The number of aromatic nitrogens is 4. The highest BCUT2D eigenvalue weighted by atomic mass is 32.2. The SMILES string of the molecule is Cc1ccc(-n2nnnc2SCC(=O)N(C)Cc2ccc(F)cc2)cc1. The highest BCUT2D eigenvalue weighted by molar-refractivity contribution is 7.99. The molecule has 26 heavy (non-hydrogen) atoms. The third-order valence-corrected chi connectivity index (χ3v) is 4.71. The van der Waals surface area contributed by atoms with Gasteiger partial charge < -0.3 is 4.90 Å². The second-order valence-electron chi connectivity index (χ2n) is 5.87. The van der Waals surface area contributed by atoms with Crippen molar-refractivity contribution in [2.24, 2.45) is 0 Å². The van der Waals surface area contributed by atoms with Crippen LogP contribution < -0.4 is 0 Å². The van der Waals surface area contributed by atoms with Crippen molar-refractivity contribution in [3.05, 3.63) is 65.5 Å². The van der Waals surface area contributed by atoms with Gasteiger partial charge in [-0.25, -0.2) is 4.39 Å². The zero-order valence-corrected chi connectivity index (χ0v) is 15.3. The molecule has 0 spiro atoms. The second-order valence-corrected chi connectivity index (χ2v) is 6.82. The normalized spacial score (nSPS) is 10.7. The summed E-state index contributed by atoms with van der Waals surface area (Å²) in [6, 6.07) is 13.9. The highest BCUT2D eigenvalue weighted by Gasteiger charge is 2.14. The number of aryl methyl sites for hydroxylation is 1. The molecule has 0 saturated heterocycles. The zero-order chi connectivity index (χ0) is 18.5. The van der Waals surface area contributed by atoms with Crippen LogP contribution in [0, 0.1) is 12.7 Å². The van der Waals surface area contributed by atoms with E-state index >= 15 is 0 Å². The van der Waals surface area contributed by atoms with E-state index in [4.69, 9.17) is 0 Å². The summed E-state index contributed by atoms with van der Waals surface area (Å²) in [5, 5.41) is 12.2. The van der Waals surface area contributed by atoms with Crippen LogP contribution in [0.4, 0.5) is 4.39 Å². The van der Waals surface area contributed by atoms with E-state index in [2.05, 4.69) is 15.5 Å². The van der Waals surface area contributed by atoms with Gasteiger partial charge >= 0.3 is 0 Å². The van der Waals surface area contributed by atoms with Crippen LogP contribution in [0.5, 0.6) is 0 Å². The van der Waals surface area contributed by atoms with Crippen LogP contribution in [0.1, 0.15) is 11.1 Å². The van der Waals surface area contributed by atoms with Crippen molar-refractivity contribution in [2.45, 2.75) is 18.6 Å². The van der Waals surface area contributed by atoms with Gasteiger partial charge in [-0.1, -0.05) is 41.6 Å². The van der Waals surface area contributed by atoms with Gasteiger partial charge in [-0.15, -0.1) is 5.10 Å². The molecule has 0 unspecified atom stereocenters. The van der Waals surface area contributed by atoms with Crippen LogP contribution in [0.25, 0.3) is 5.69 Å². The van der Waals surface area contributed by atoms with Crippen LogP contribution in [0.3, 0.4) is 0 Å². The lowest BCUT2D eigenvalue weighted by atomic mass is 10.2. The van der Waals surface area contributed by atoms with Crippen molar-refractivity contribution in [1.82, 2.24) is 25.1 Å². The van der Waals surface area contributed by atoms with E-state index in [9.17, 15) is 9.18 Å². The number of thioether (sulfide) groups is 1. The van der Waals surface area contributed by atoms with Crippen molar-refractivity contribution in [2.75, 3.05) is 12.8 Å². The third-order valence-electron chi connectivity index (χ3n) is 3.80. The number of hydrogen-bond donors (Lipinski definition) is 0. The van der Waals surface area contributed by atoms with Crippen LogP contribution in [-0.2, 0) is 11.3 Å². The summed E-state index contributed by atoms with van der Waals surface area (Å²) in [4.78, 5) is 14.0. The quantitative estimate of drug-likeness (QED) is 0.624. The molecule has 0 fully saturated rings. The van der Waals surface area contributed by atoms with Crippen LogP contribution in [0.15, 0.2) is 53.7 Å². The van der Waals surface area contributed by atoms with Gasteiger partial charge in [0.2, 0.25) is 11.1 Å². The zero-order valence-electron chi connectivity index (χ0n) is 14.5. The number of amides is 1. The van der Waals surface area contributed by atoms with Crippen molar-refractivity contribution in [3.8, 4) is 5.69 Å². The minimum Gasteiger partial charge on any atom is -0.341 e. The largest absolute Gasteiger partial charge is 0.341 e. The monoisotopic (exact) mass is 371 g/mol. The fourth-order valence-electron chi connectivity index (χ4n) is 2.31. The Morgan fingerprint density at radius 2 is 1.85 bits per heavy atom. The molecule has 0 aliphatic rings. The van der Waals surface area contributed by atoms with E-state index in [1.165, 1.54) is 23.9 Å². The summed E-state index contributed by atoms with van der Waals surface area (Å²) in [5.41, 5.74) is 2.86. The van der Waals surface area contributed by atoms with Crippen LogP contribution in [-0.4, -0.2) is 43.8 Å². The first-order valence-electron chi connectivity index (χ1n) is 7.99. The van der Waals surface area contributed by atoms with Gasteiger partial charge in [0.25, 0.3) is 0 Å². The predicted octanol–water partition coefficient (Wildman–Crippen LogP) is 2.86. The minimum atomic E-state index is -0.291. The summed E-state index contributed by atoms with van der Waals surface area (Å²) in [6.07, 6.45) is 0. The Balaban J connectivity index is 1.60. The van der Waals surface area contributed by atoms with Gasteiger partial charge in [0.15, 0.2) is 0 Å². The average molecular weight is 371 g/mol. The summed E-state index contributed by atoms with van der Waals surface area (Å²) < 4.78 is 14.6. The molecule has 0 N–H and O–H groups in total. The van der Waals surface area contributed by atoms with E-state index in [0.717, 1.165) is 16.8 Å². The number of halogens is 1. The topological polar surface area (TPSA) is 63.9 Å². The first kappa shape index (κ1) is 18.1. The Kier molecular flexibility index (Phi) is 5.62. The van der Waals surface area contributed by atoms with E-state index < -0.39 is 0 Å². The van der Waals surface area contributed by atoms with E-state index in [1.54, 1.807) is 28.8 Å². The smallest absolute Gasteiger partial charge is 0.233 e. The van der Waals surface area contributed by atoms with Gasteiger partial charge in [-0.2, -0.15) is 4.68 Å². The third kappa shape index (κ3) is 4.45. The van der Waals surface area contributed by atoms with E-state index in [0.29, 0.717) is 11.7 Å². The standard InChI is InChI=1S/C18H18FN5OS/c1-13-3-9-16(10-4-13)24-18(20-21-22-24)26-12-17(25)23(2)11-14-5-7-15(19)8-6-14/h3-10H,11-12H2,1-2H3. The fraction of sp³-hybridized carbons (Fsp3) is 0.222. The second kappa shape index (κ2) is 8.09. The molecular formula is C18H18FN5OS. The number of hydrogen-bond acceptors (Lipinski definition) is 5. The van der Waals surface area contributed by atoms with Gasteiger partial charge in [0.1, 0.15) is 5.82 Å². The molecule has 2 aromatic carbocycles. The maximum Gasteiger partial charge on any atom is 0.233 e. The predicted molar refractivity (Wildman–Crippen MR) is 97.5 cm³/mol. The van der Waals surface area contributed by atoms with Crippen molar-refractivity contribution in [1.29, 1.82) is 0 Å². The Hall–Kier alpha value is -2.74. The summed E-state index contributed by atoms with van der Waals surface area (Å²) in [7, 11) is 1.72. The van der Waals surface area contributed by atoms with Crippen molar-refractivity contribution in [3.63, 3.8) is 0 Å². The lowest BCUT2D eigenvalue weighted by molar-refractivity contribution is -0.127. The molecular weight excluding hydrogens is 353 g/mol. The Labute approximate surface area is 155 Å². The molecule has 0 atom stereocenters. The van der Waals surface area contributed by atoms with Crippen molar-refractivity contribution < 1.29 is 9.18 Å². The molecule has 3 rings (SSSR count). The molecule has 8 heteroatoms. The number of benzene rings is 2. The summed E-state index contributed by atoms with van der Waals surface area (Å²) >= 11 is 1.28. The van der Waals surface area contributed by atoms with Crippen LogP contribution in [0.2, 0.25) is 0 Å². The summed E-state index contributed by atoms with van der Waals surface area (Å²) in [5.74, 6) is -0.136. The summed E-state index contributed by atoms with van der Waals surface area (Å²) in [6.45, 7) is 2.43. The molecule has 1 amide bonds. The van der Waals surface area contributed by atoms with Gasteiger partial charge in [-0.05, 0) is 47.2 Å². The van der Waals surface area contributed by atoms with E-state index in [1.807, 2.05) is 31.2 Å². The van der Waals surface area contributed by atoms with Gasteiger partial charge in [0, 0.05) is 13.6 Å². The first-order valence-corrected chi connectivity index (χ1v) is 8.98. The molecule has 3 aromatic rings. The molecule has 1 aromatic heterocycles. The highest BCUT2D eigenvalue weighted by Crippen LogP contribution is 2.19. The maximum atomic E-state index is 13.0. The average Bonchev–Trinajstić information content (AvgIpc) is 3.10. The Morgan fingerprint density at radius 1 is 1.15 bits per heavy atom. The number of carbonyl (C=O) groups is 1. The molecule has 0 aliphatic carbocycles. The number of nitrogens with zero attached hydrogens (tertiary/aromatic N) is 5. The molecule has 0 bridgehead atoms. The maximum absolute atomic E-state index is 13.0. The van der Waals surface area contributed by atoms with Crippen molar-refractivity contribution >= 4 is 17.7 Å².